The maximum Gasteiger partial charge on any atom is 0.118 e. The molecule has 2 rings (SSSR count). The predicted octanol–water partition coefficient (Wildman–Crippen LogP) is 4.39. The summed E-state index contributed by atoms with van der Waals surface area (Å²) >= 11 is 9.35. The lowest BCUT2D eigenvalue weighted by Gasteiger charge is -2.12. The summed E-state index contributed by atoms with van der Waals surface area (Å²) in [6, 6.07) is 13.1. The average molecular weight is 342 g/mol. The summed E-state index contributed by atoms with van der Waals surface area (Å²) in [6.45, 7) is 0. The van der Waals surface area contributed by atoms with Crippen molar-refractivity contribution < 1.29 is 9.84 Å². The Balaban J connectivity index is 2.13. The molecule has 0 aliphatic rings. The molecule has 2 nitrogen and oxygen atoms in total. The van der Waals surface area contributed by atoms with Gasteiger partial charge in [-0.05, 0) is 41.5 Å². The second-order valence-electron chi connectivity index (χ2n) is 4.27. The van der Waals surface area contributed by atoms with Gasteiger partial charge in [0.2, 0.25) is 0 Å². The maximum atomic E-state index is 10.2. The molecule has 2 aromatic rings. The highest BCUT2D eigenvalue weighted by Gasteiger charge is 2.10. The van der Waals surface area contributed by atoms with Gasteiger partial charge in [-0.25, -0.2) is 0 Å². The SMILES string of the molecule is COc1ccc(CC(O)c2cc(Cl)cc(Br)c2)cc1. The van der Waals surface area contributed by atoms with Crippen LogP contribution >= 0.6 is 27.5 Å². The van der Waals surface area contributed by atoms with Crippen LogP contribution in [0.2, 0.25) is 5.02 Å². The fourth-order valence-corrected chi connectivity index (χ4v) is 2.76. The van der Waals surface area contributed by atoms with Gasteiger partial charge in [-0.3, -0.25) is 0 Å². The number of rotatable bonds is 4. The Labute approximate surface area is 126 Å². The molecular formula is C15H14BrClO2. The van der Waals surface area contributed by atoms with Gasteiger partial charge in [0.25, 0.3) is 0 Å². The van der Waals surface area contributed by atoms with E-state index in [1.807, 2.05) is 30.3 Å². The Hall–Kier alpha value is -1.03. The molecule has 1 atom stereocenters. The molecule has 0 aromatic heterocycles. The monoisotopic (exact) mass is 340 g/mol. The molecule has 0 heterocycles. The van der Waals surface area contributed by atoms with E-state index in [0.29, 0.717) is 11.4 Å². The second kappa shape index (κ2) is 6.42. The van der Waals surface area contributed by atoms with Gasteiger partial charge >= 0.3 is 0 Å². The van der Waals surface area contributed by atoms with Gasteiger partial charge in [-0.2, -0.15) is 0 Å². The number of aliphatic hydroxyl groups excluding tert-OH is 1. The van der Waals surface area contributed by atoms with Crippen molar-refractivity contribution in [3.05, 3.63) is 63.1 Å². The molecule has 4 heteroatoms. The number of halogens is 2. The van der Waals surface area contributed by atoms with Crippen molar-refractivity contribution in [3.8, 4) is 5.75 Å². The van der Waals surface area contributed by atoms with Gasteiger partial charge in [-0.1, -0.05) is 39.7 Å². The smallest absolute Gasteiger partial charge is 0.118 e. The number of ether oxygens (including phenoxy) is 1. The summed E-state index contributed by atoms with van der Waals surface area (Å²) in [5, 5.41) is 10.8. The molecule has 0 saturated heterocycles. The normalized spacial score (nSPS) is 12.2. The molecule has 19 heavy (non-hydrogen) atoms. The quantitative estimate of drug-likeness (QED) is 0.894. The van der Waals surface area contributed by atoms with E-state index in [-0.39, 0.29) is 0 Å². The van der Waals surface area contributed by atoms with Gasteiger partial charge in [0, 0.05) is 15.9 Å². The first kappa shape index (κ1) is 14.4. The molecule has 1 unspecified atom stereocenters. The lowest BCUT2D eigenvalue weighted by atomic mass is 10.0. The summed E-state index contributed by atoms with van der Waals surface area (Å²) in [4.78, 5) is 0. The summed E-state index contributed by atoms with van der Waals surface area (Å²) in [7, 11) is 1.63. The molecule has 0 fully saturated rings. The van der Waals surface area contributed by atoms with Crippen molar-refractivity contribution in [3.63, 3.8) is 0 Å². The predicted molar refractivity (Wildman–Crippen MR) is 80.8 cm³/mol. The largest absolute Gasteiger partial charge is 0.497 e. The molecule has 0 aliphatic carbocycles. The van der Waals surface area contributed by atoms with Crippen molar-refractivity contribution in [2.45, 2.75) is 12.5 Å². The van der Waals surface area contributed by atoms with Crippen LogP contribution in [0.5, 0.6) is 5.75 Å². The van der Waals surface area contributed by atoms with Gasteiger partial charge in [0.05, 0.1) is 13.2 Å². The summed E-state index contributed by atoms with van der Waals surface area (Å²) in [6.07, 6.45) is -0.0417. The first-order valence-electron chi connectivity index (χ1n) is 5.85. The molecule has 1 N–H and O–H groups in total. The van der Waals surface area contributed by atoms with Gasteiger partial charge in [0.1, 0.15) is 5.75 Å². The minimum absolute atomic E-state index is 0.538. The number of hydrogen-bond donors (Lipinski definition) is 1. The van der Waals surface area contributed by atoms with Crippen LogP contribution in [0.3, 0.4) is 0 Å². The standard InChI is InChI=1S/C15H14BrClO2/c1-19-14-4-2-10(3-5-14)6-15(18)11-7-12(16)9-13(17)8-11/h2-5,7-9,15,18H,6H2,1H3. The Morgan fingerprint density at radius 2 is 1.89 bits per heavy atom. The summed E-state index contributed by atoms with van der Waals surface area (Å²) in [5.74, 6) is 0.809. The van der Waals surface area contributed by atoms with Crippen LogP contribution < -0.4 is 4.74 Å². The summed E-state index contributed by atoms with van der Waals surface area (Å²) < 4.78 is 5.97. The molecule has 0 aliphatic heterocycles. The van der Waals surface area contributed by atoms with E-state index in [0.717, 1.165) is 21.3 Å². The zero-order valence-electron chi connectivity index (χ0n) is 10.4. The van der Waals surface area contributed by atoms with Crippen LogP contribution in [0.25, 0.3) is 0 Å². The van der Waals surface area contributed by atoms with Crippen molar-refractivity contribution in [2.75, 3.05) is 7.11 Å². The number of hydrogen-bond acceptors (Lipinski definition) is 2. The fraction of sp³-hybridized carbons (Fsp3) is 0.200. The number of aliphatic hydroxyl groups is 1. The highest BCUT2D eigenvalue weighted by atomic mass is 79.9. The van der Waals surface area contributed by atoms with Crippen molar-refractivity contribution in [1.82, 2.24) is 0 Å². The van der Waals surface area contributed by atoms with Crippen molar-refractivity contribution in [2.24, 2.45) is 0 Å². The first-order valence-corrected chi connectivity index (χ1v) is 7.02. The fourth-order valence-electron chi connectivity index (χ4n) is 1.87. The zero-order valence-corrected chi connectivity index (χ0v) is 12.8. The van der Waals surface area contributed by atoms with Gasteiger partial charge in [0.15, 0.2) is 0 Å². The minimum atomic E-state index is -0.580. The van der Waals surface area contributed by atoms with E-state index >= 15 is 0 Å². The van der Waals surface area contributed by atoms with Crippen molar-refractivity contribution >= 4 is 27.5 Å². The highest BCUT2D eigenvalue weighted by Crippen LogP contribution is 2.26. The number of benzene rings is 2. The van der Waals surface area contributed by atoms with Crippen LogP contribution in [0.1, 0.15) is 17.2 Å². The van der Waals surface area contributed by atoms with E-state index in [9.17, 15) is 5.11 Å². The Morgan fingerprint density at radius 3 is 2.47 bits per heavy atom. The van der Waals surface area contributed by atoms with Crippen LogP contribution in [-0.4, -0.2) is 12.2 Å². The van der Waals surface area contributed by atoms with Gasteiger partial charge in [-0.15, -0.1) is 0 Å². The Morgan fingerprint density at radius 1 is 1.21 bits per heavy atom. The highest BCUT2D eigenvalue weighted by molar-refractivity contribution is 9.10. The van der Waals surface area contributed by atoms with Gasteiger partial charge < -0.3 is 9.84 Å². The molecule has 100 valence electrons. The molecule has 0 spiro atoms. The van der Waals surface area contributed by atoms with Crippen LogP contribution in [0.4, 0.5) is 0 Å². The van der Waals surface area contributed by atoms with Crippen LogP contribution in [-0.2, 0) is 6.42 Å². The molecule has 0 amide bonds. The minimum Gasteiger partial charge on any atom is -0.497 e. The maximum absolute atomic E-state index is 10.2. The van der Waals surface area contributed by atoms with Crippen LogP contribution in [0.15, 0.2) is 46.9 Å². The lowest BCUT2D eigenvalue weighted by molar-refractivity contribution is 0.178. The van der Waals surface area contributed by atoms with Crippen LogP contribution in [0, 0.1) is 0 Å². The lowest BCUT2D eigenvalue weighted by Crippen LogP contribution is -2.02. The molecule has 0 radical (unpaired) electrons. The molecule has 0 saturated carbocycles. The third-order valence-electron chi connectivity index (χ3n) is 2.86. The molecule has 2 aromatic carbocycles. The second-order valence-corrected chi connectivity index (χ2v) is 5.62. The summed E-state index contributed by atoms with van der Waals surface area (Å²) in [5.41, 5.74) is 1.85. The van der Waals surface area contributed by atoms with E-state index < -0.39 is 6.10 Å². The van der Waals surface area contributed by atoms with Crippen molar-refractivity contribution in [1.29, 1.82) is 0 Å². The topological polar surface area (TPSA) is 29.5 Å². The van der Waals surface area contributed by atoms with E-state index in [1.54, 1.807) is 19.2 Å². The molecular weight excluding hydrogens is 328 g/mol. The Kier molecular flexibility index (Phi) is 4.86. The van der Waals surface area contributed by atoms with E-state index in [2.05, 4.69) is 15.9 Å². The Bertz CT molecular complexity index is 534. The third-order valence-corrected chi connectivity index (χ3v) is 3.53. The zero-order chi connectivity index (χ0) is 13.8. The first-order chi connectivity index (χ1) is 9.08. The molecule has 0 bridgehead atoms. The third kappa shape index (κ3) is 3.96. The average Bonchev–Trinajstić information content (AvgIpc) is 2.38. The van der Waals surface area contributed by atoms with E-state index in [4.69, 9.17) is 16.3 Å². The number of methoxy groups -OCH3 is 1. The van der Waals surface area contributed by atoms with E-state index in [1.165, 1.54) is 0 Å².